The molecule has 1 aromatic carbocycles. The maximum absolute atomic E-state index is 5.14. The van der Waals surface area contributed by atoms with Gasteiger partial charge in [-0.25, -0.2) is 0 Å². The van der Waals surface area contributed by atoms with Crippen LogP contribution in [0.1, 0.15) is 31.7 Å². The normalized spacial score (nSPS) is 24.6. The monoisotopic (exact) mass is 219 g/mol. The highest BCUT2D eigenvalue weighted by Gasteiger charge is 2.20. The molecule has 0 aromatic heterocycles. The average Bonchev–Trinajstić information content (AvgIpc) is 2.73. The van der Waals surface area contributed by atoms with Gasteiger partial charge < -0.3 is 10.1 Å². The van der Waals surface area contributed by atoms with Crippen LogP contribution >= 0.6 is 0 Å². The summed E-state index contributed by atoms with van der Waals surface area (Å²) < 4.78 is 5.14. The molecule has 2 atom stereocenters. The first kappa shape index (κ1) is 11.5. The van der Waals surface area contributed by atoms with Crippen molar-refractivity contribution in [1.82, 2.24) is 5.32 Å². The molecular weight excluding hydrogens is 198 g/mol. The van der Waals surface area contributed by atoms with E-state index in [0.717, 1.165) is 24.3 Å². The van der Waals surface area contributed by atoms with E-state index in [2.05, 4.69) is 24.4 Å². The Labute approximate surface area is 98.0 Å². The predicted molar refractivity (Wildman–Crippen MR) is 66.6 cm³/mol. The van der Waals surface area contributed by atoms with Crippen LogP contribution in [0.5, 0.6) is 5.75 Å². The Kier molecular flexibility index (Phi) is 3.83. The van der Waals surface area contributed by atoms with Gasteiger partial charge in [-0.1, -0.05) is 19.1 Å². The summed E-state index contributed by atoms with van der Waals surface area (Å²) in [5, 5.41) is 3.62. The van der Waals surface area contributed by atoms with E-state index < -0.39 is 0 Å². The van der Waals surface area contributed by atoms with Crippen molar-refractivity contribution in [3.63, 3.8) is 0 Å². The lowest BCUT2D eigenvalue weighted by molar-refractivity contribution is 0.414. The summed E-state index contributed by atoms with van der Waals surface area (Å²) in [6.07, 6.45) is 4.04. The molecule has 1 aromatic rings. The number of hydrogen-bond acceptors (Lipinski definition) is 2. The molecule has 88 valence electrons. The molecular formula is C14H21NO. The maximum Gasteiger partial charge on any atom is 0.118 e. The van der Waals surface area contributed by atoms with Crippen LogP contribution in [-0.2, 0) is 6.54 Å². The average molecular weight is 219 g/mol. The lowest BCUT2D eigenvalue weighted by atomic mass is 10.1. The predicted octanol–water partition coefficient (Wildman–Crippen LogP) is 2.97. The van der Waals surface area contributed by atoms with Gasteiger partial charge in [-0.05, 0) is 42.9 Å². The van der Waals surface area contributed by atoms with Crippen LogP contribution < -0.4 is 10.1 Å². The highest BCUT2D eigenvalue weighted by Crippen LogP contribution is 2.24. The van der Waals surface area contributed by atoms with Crippen molar-refractivity contribution >= 4 is 0 Å². The SMILES string of the molecule is COc1ccc(CN[C@@H]2CC[C@H](C)C2)cc1. The van der Waals surface area contributed by atoms with Gasteiger partial charge >= 0.3 is 0 Å². The van der Waals surface area contributed by atoms with Crippen molar-refractivity contribution in [3.05, 3.63) is 29.8 Å². The third-order valence-electron chi connectivity index (χ3n) is 3.45. The van der Waals surface area contributed by atoms with Crippen LogP contribution in [0.2, 0.25) is 0 Å². The summed E-state index contributed by atoms with van der Waals surface area (Å²) in [7, 11) is 1.70. The minimum atomic E-state index is 0.720. The Morgan fingerprint density at radius 3 is 2.56 bits per heavy atom. The Balaban J connectivity index is 1.80. The van der Waals surface area contributed by atoms with Crippen LogP contribution in [0.25, 0.3) is 0 Å². The summed E-state index contributed by atoms with van der Waals surface area (Å²) in [6, 6.07) is 9.02. The second kappa shape index (κ2) is 5.35. The number of benzene rings is 1. The van der Waals surface area contributed by atoms with Gasteiger partial charge in [0.15, 0.2) is 0 Å². The molecule has 1 aliphatic rings. The zero-order chi connectivity index (χ0) is 11.4. The number of methoxy groups -OCH3 is 1. The zero-order valence-corrected chi connectivity index (χ0v) is 10.2. The highest BCUT2D eigenvalue weighted by molar-refractivity contribution is 5.27. The number of nitrogens with one attached hydrogen (secondary N) is 1. The Bertz CT molecular complexity index is 320. The van der Waals surface area contributed by atoms with E-state index in [0.29, 0.717) is 0 Å². The van der Waals surface area contributed by atoms with Crippen molar-refractivity contribution in [2.45, 2.75) is 38.8 Å². The second-order valence-corrected chi connectivity index (χ2v) is 4.84. The number of rotatable bonds is 4. The minimum Gasteiger partial charge on any atom is -0.497 e. The molecule has 0 saturated heterocycles. The van der Waals surface area contributed by atoms with E-state index in [4.69, 9.17) is 4.74 Å². The first-order valence-corrected chi connectivity index (χ1v) is 6.14. The fourth-order valence-electron chi connectivity index (χ4n) is 2.40. The van der Waals surface area contributed by atoms with E-state index >= 15 is 0 Å². The van der Waals surface area contributed by atoms with E-state index in [1.807, 2.05) is 12.1 Å². The number of ether oxygens (including phenoxy) is 1. The largest absolute Gasteiger partial charge is 0.497 e. The van der Waals surface area contributed by atoms with Crippen LogP contribution in [0, 0.1) is 5.92 Å². The lowest BCUT2D eigenvalue weighted by Crippen LogP contribution is -2.25. The quantitative estimate of drug-likeness (QED) is 0.840. The van der Waals surface area contributed by atoms with Gasteiger partial charge in [-0.3, -0.25) is 0 Å². The van der Waals surface area contributed by atoms with Crippen molar-refractivity contribution in [2.24, 2.45) is 5.92 Å². The van der Waals surface area contributed by atoms with Gasteiger partial charge in [-0.2, -0.15) is 0 Å². The van der Waals surface area contributed by atoms with Crippen LogP contribution in [0.3, 0.4) is 0 Å². The van der Waals surface area contributed by atoms with Crippen LogP contribution in [0.15, 0.2) is 24.3 Å². The molecule has 0 unspecified atom stereocenters. The molecule has 0 amide bonds. The van der Waals surface area contributed by atoms with Gasteiger partial charge in [0, 0.05) is 12.6 Å². The summed E-state index contributed by atoms with van der Waals surface area (Å²) in [6.45, 7) is 3.32. The Morgan fingerprint density at radius 1 is 1.25 bits per heavy atom. The summed E-state index contributed by atoms with van der Waals surface area (Å²) in [5.74, 6) is 1.83. The molecule has 2 nitrogen and oxygen atoms in total. The molecule has 1 fully saturated rings. The molecule has 0 radical (unpaired) electrons. The molecule has 1 aliphatic carbocycles. The third kappa shape index (κ3) is 2.99. The number of hydrogen-bond donors (Lipinski definition) is 1. The minimum absolute atomic E-state index is 0.720. The molecule has 0 heterocycles. The fraction of sp³-hybridized carbons (Fsp3) is 0.571. The first-order valence-electron chi connectivity index (χ1n) is 6.14. The molecule has 2 heteroatoms. The molecule has 2 rings (SSSR count). The van der Waals surface area contributed by atoms with Gasteiger partial charge in [0.2, 0.25) is 0 Å². The summed E-state index contributed by atoms with van der Waals surface area (Å²) >= 11 is 0. The fourth-order valence-corrected chi connectivity index (χ4v) is 2.40. The Morgan fingerprint density at radius 2 is 2.00 bits per heavy atom. The van der Waals surface area contributed by atoms with Crippen LogP contribution in [0.4, 0.5) is 0 Å². The van der Waals surface area contributed by atoms with Crippen LogP contribution in [-0.4, -0.2) is 13.2 Å². The van der Waals surface area contributed by atoms with Gasteiger partial charge in [0.1, 0.15) is 5.75 Å². The van der Waals surface area contributed by atoms with Crippen molar-refractivity contribution in [1.29, 1.82) is 0 Å². The standard InChI is InChI=1S/C14H21NO/c1-11-3-6-13(9-11)15-10-12-4-7-14(16-2)8-5-12/h4-5,7-8,11,13,15H,3,6,9-10H2,1-2H3/t11-,13+/m0/s1. The third-order valence-corrected chi connectivity index (χ3v) is 3.45. The van der Waals surface area contributed by atoms with E-state index in [9.17, 15) is 0 Å². The van der Waals surface area contributed by atoms with Crippen molar-refractivity contribution in [2.75, 3.05) is 7.11 Å². The second-order valence-electron chi connectivity index (χ2n) is 4.84. The highest BCUT2D eigenvalue weighted by atomic mass is 16.5. The Hall–Kier alpha value is -1.02. The molecule has 16 heavy (non-hydrogen) atoms. The van der Waals surface area contributed by atoms with Gasteiger partial charge in [0.25, 0.3) is 0 Å². The molecule has 1 saturated carbocycles. The smallest absolute Gasteiger partial charge is 0.118 e. The van der Waals surface area contributed by atoms with Gasteiger partial charge in [-0.15, -0.1) is 0 Å². The summed E-state index contributed by atoms with van der Waals surface area (Å²) in [5.41, 5.74) is 1.33. The topological polar surface area (TPSA) is 21.3 Å². The van der Waals surface area contributed by atoms with E-state index in [1.54, 1.807) is 7.11 Å². The van der Waals surface area contributed by atoms with Crippen molar-refractivity contribution < 1.29 is 4.74 Å². The molecule has 1 N–H and O–H groups in total. The zero-order valence-electron chi connectivity index (χ0n) is 10.2. The first-order chi connectivity index (χ1) is 7.78. The summed E-state index contributed by atoms with van der Waals surface area (Å²) in [4.78, 5) is 0. The molecule has 0 spiro atoms. The van der Waals surface area contributed by atoms with Gasteiger partial charge in [0.05, 0.1) is 7.11 Å². The maximum atomic E-state index is 5.14. The molecule has 0 bridgehead atoms. The lowest BCUT2D eigenvalue weighted by Gasteiger charge is -2.12. The van der Waals surface area contributed by atoms with E-state index in [-0.39, 0.29) is 0 Å². The van der Waals surface area contributed by atoms with Crippen molar-refractivity contribution in [3.8, 4) is 5.75 Å². The molecule has 0 aliphatic heterocycles. The van der Waals surface area contributed by atoms with E-state index in [1.165, 1.54) is 24.8 Å².